The molecule has 0 fully saturated rings. The molecule has 2 rings (SSSR count). The summed E-state index contributed by atoms with van der Waals surface area (Å²) < 4.78 is 5.38. The minimum Gasteiger partial charge on any atom is -0.496 e. The lowest BCUT2D eigenvalue weighted by Gasteiger charge is -2.22. The minimum absolute atomic E-state index is 0.706. The van der Waals surface area contributed by atoms with Gasteiger partial charge in [-0.05, 0) is 36.8 Å². The summed E-state index contributed by atoms with van der Waals surface area (Å²) in [4.78, 5) is 12.9. The number of anilines is 1. The topological polar surface area (TPSA) is 29.5 Å². The van der Waals surface area contributed by atoms with Crippen molar-refractivity contribution in [2.75, 3.05) is 19.1 Å². The third kappa shape index (κ3) is 2.99. The lowest BCUT2D eigenvalue weighted by atomic mass is 10.1. The van der Waals surface area contributed by atoms with E-state index in [2.05, 4.69) is 11.0 Å². The van der Waals surface area contributed by atoms with Crippen molar-refractivity contribution in [1.29, 1.82) is 0 Å². The maximum atomic E-state index is 10.8. The first-order valence-corrected chi connectivity index (χ1v) is 6.54. The van der Waals surface area contributed by atoms with Gasteiger partial charge in [0.15, 0.2) is 0 Å². The quantitative estimate of drug-likeness (QED) is 0.779. The van der Waals surface area contributed by atoms with Crippen LogP contribution in [-0.2, 0) is 6.54 Å². The van der Waals surface area contributed by atoms with Gasteiger partial charge in [-0.15, -0.1) is 0 Å². The van der Waals surface area contributed by atoms with E-state index in [0.717, 1.165) is 35.4 Å². The number of nitrogens with zero attached hydrogens (tertiary/aromatic N) is 1. The van der Waals surface area contributed by atoms with Crippen LogP contribution in [0, 0.1) is 6.92 Å². The van der Waals surface area contributed by atoms with Crippen molar-refractivity contribution in [1.82, 2.24) is 0 Å². The molecule has 0 saturated carbocycles. The number of hydrogen-bond acceptors (Lipinski definition) is 3. The van der Waals surface area contributed by atoms with E-state index in [1.165, 1.54) is 0 Å². The van der Waals surface area contributed by atoms with Crippen LogP contribution < -0.4 is 9.64 Å². The Kier molecular flexibility index (Phi) is 4.41. The lowest BCUT2D eigenvalue weighted by Crippen LogP contribution is -2.18. The van der Waals surface area contributed by atoms with Crippen LogP contribution in [0.15, 0.2) is 42.5 Å². The Morgan fingerprint density at radius 1 is 1.20 bits per heavy atom. The van der Waals surface area contributed by atoms with Gasteiger partial charge in [0.25, 0.3) is 0 Å². The summed E-state index contributed by atoms with van der Waals surface area (Å²) >= 11 is 0. The highest BCUT2D eigenvalue weighted by molar-refractivity contribution is 5.76. The second kappa shape index (κ2) is 6.24. The molecule has 0 aliphatic rings. The smallest absolute Gasteiger partial charge is 0.150 e. The molecule has 3 heteroatoms. The summed E-state index contributed by atoms with van der Waals surface area (Å²) in [5.74, 6) is 0.890. The fourth-order valence-electron chi connectivity index (χ4n) is 2.35. The molecule has 0 bridgehead atoms. The molecule has 0 aliphatic heterocycles. The normalized spacial score (nSPS) is 10.2. The van der Waals surface area contributed by atoms with E-state index in [1.54, 1.807) is 7.11 Å². The van der Waals surface area contributed by atoms with Crippen LogP contribution in [0.25, 0.3) is 0 Å². The number of aryl methyl sites for hydroxylation is 1. The number of carbonyl (C=O) groups is 1. The van der Waals surface area contributed by atoms with Gasteiger partial charge in [-0.1, -0.05) is 18.2 Å². The summed E-state index contributed by atoms with van der Waals surface area (Å²) in [6.45, 7) is 2.77. The molecule has 0 saturated heterocycles. The number of carbonyl (C=O) groups excluding carboxylic acids is 1. The van der Waals surface area contributed by atoms with Crippen molar-refractivity contribution in [2.45, 2.75) is 13.5 Å². The number of aldehydes is 1. The maximum absolute atomic E-state index is 10.8. The zero-order chi connectivity index (χ0) is 14.5. The molecule has 0 aromatic heterocycles. The van der Waals surface area contributed by atoms with Gasteiger partial charge >= 0.3 is 0 Å². The van der Waals surface area contributed by atoms with Crippen LogP contribution in [0.1, 0.15) is 21.5 Å². The van der Waals surface area contributed by atoms with Crippen molar-refractivity contribution in [3.05, 3.63) is 59.2 Å². The van der Waals surface area contributed by atoms with Gasteiger partial charge in [-0.25, -0.2) is 0 Å². The SMILES string of the molecule is COc1ccccc1CN(C)c1ccc(C=O)cc1C. The molecule has 104 valence electrons. The molecule has 0 heterocycles. The summed E-state index contributed by atoms with van der Waals surface area (Å²) in [6.07, 6.45) is 0.872. The molecule has 0 radical (unpaired) electrons. The molecule has 3 nitrogen and oxygen atoms in total. The van der Waals surface area contributed by atoms with Crippen LogP contribution in [0.5, 0.6) is 5.75 Å². The number of rotatable bonds is 5. The average Bonchev–Trinajstić information content (AvgIpc) is 2.47. The highest BCUT2D eigenvalue weighted by Gasteiger charge is 2.09. The fourth-order valence-corrected chi connectivity index (χ4v) is 2.35. The van der Waals surface area contributed by atoms with E-state index < -0.39 is 0 Å². The zero-order valence-electron chi connectivity index (χ0n) is 12.1. The van der Waals surface area contributed by atoms with E-state index in [4.69, 9.17) is 4.74 Å². The Balaban J connectivity index is 2.23. The van der Waals surface area contributed by atoms with E-state index in [-0.39, 0.29) is 0 Å². The van der Waals surface area contributed by atoms with Gasteiger partial charge in [0.2, 0.25) is 0 Å². The summed E-state index contributed by atoms with van der Waals surface area (Å²) in [7, 11) is 3.72. The van der Waals surface area contributed by atoms with Gasteiger partial charge < -0.3 is 9.64 Å². The average molecular weight is 269 g/mol. The number of hydrogen-bond donors (Lipinski definition) is 0. The number of methoxy groups -OCH3 is 1. The first-order chi connectivity index (χ1) is 9.65. The molecular formula is C17H19NO2. The lowest BCUT2D eigenvalue weighted by molar-refractivity contribution is 0.112. The Hall–Kier alpha value is -2.29. The van der Waals surface area contributed by atoms with Crippen LogP contribution in [-0.4, -0.2) is 20.4 Å². The number of benzene rings is 2. The molecule has 0 spiro atoms. The third-order valence-electron chi connectivity index (χ3n) is 3.37. The molecule has 0 aliphatic carbocycles. The van der Waals surface area contributed by atoms with Gasteiger partial charge in [0, 0.05) is 30.4 Å². The molecule has 2 aromatic rings. The number of para-hydroxylation sites is 1. The Morgan fingerprint density at radius 2 is 1.95 bits per heavy atom. The summed E-state index contributed by atoms with van der Waals surface area (Å²) in [5, 5.41) is 0. The summed E-state index contributed by atoms with van der Waals surface area (Å²) in [6, 6.07) is 13.7. The van der Waals surface area contributed by atoms with Crippen LogP contribution >= 0.6 is 0 Å². The van der Waals surface area contributed by atoms with Crippen LogP contribution in [0.3, 0.4) is 0 Å². The Bertz CT molecular complexity index is 608. The Morgan fingerprint density at radius 3 is 2.60 bits per heavy atom. The van der Waals surface area contributed by atoms with Gasteiger partial charge in [-0.3, -0.25) is 4.79 Å². The highest BCUT2D eigenvalue weighted by Crippen LogP contribution is 2.24. The van der Waals surface area contributed by atoms with E-state index in [1.807, 2.05) is 50.4 Å². The van der Waals surface area contributed by atoms with E-state index in [9.17, 15) is 4.79 Å². The molecule has 0 amide bonds. The predicted octanol–water partition coefficient (Wildman–Crippen LogP) is 3.45. The third-order valence-corrected chi connectivity index (χ3v) is 3.37. The van der Waals surface area contributed by atoms with Crippen molar-refractivity contribution in [3.63, 3.8) is 0 Å². The van der Waals surface area contributed by atoms with Crippen molar-refractivity contribution in [3.8, 4) is 5.75 Å². The van der Waals surface area contributed by atoms with Crippen molar-refractivity contribution >= 4 is 12.0 Å². The van der Waals surface area contributed by atoms with Crippen molar-refractivity contribution in [2.24, 2.45) is 0 Å². The first-order valence-electron chi connectivity index (χ1n) is 6.54. The standard InChI is InChI=1S/C17H19NO2/c1-13-10-14(12-19)8-9-16(13)18(2)11-15-6-4-5-7-17(15)20-3/h4-10,12H,11H2,1-3H3. The largest absolute Gasteiger partial charge is 0.496 e. The fraction of sp³-hybridized carbons (Fsp3) is 0.235. The van der Waals surface area contributed by atoms with Gasteiger partial charge in [0.1, 0.15) is 12.0 Å². The minimum atomic E-state index is 0.706. The van der Waals surface area contributed by atoms with E-state index >= 15 is 0 Å². The first kappa shape index (κ1) is 14.1. The van der Waals surface area contributed by atoms with Gasteiger partial charge in [0.05, 0.1) is 7.11 Å². The molecule has 0 atom stereocenters. The maximum Gasteiger partial charge on any atom is 0.150 e. The molecular weight excluding hydrogens is 250 g/mol. The van der Waals surface area contributed by atoms with E-state index in [0.29, 0.717) is 5.56 Å². The Labute approximate surface area is 119 Å². The predicted molar refractivity (Wildman–Crippen MR) is 81.7 cm³/mol. The second-order valence-corrected chi connectivity index (χ2v) is 4.83. The van der Waals surface area contributed by atoms with Crippen LogP contribution in [0.2, 0.25) is 0 Å². The molecule has 0 N–H and O–H groups in total. The van der Waals surface area contributed by atoms with Crippen molar-refractivity contribution < 1.29 is 9.53 Å². The zero-order valence-corrected chi connectivity index (χ0v) is 12.1. The molecule has 2 aromatic carbocycles. The molecule has 20 heavy (non-hydrogen) atoms. The highest BCUT2D eigenvalue weighted by atomic mass is 16.5. The molecule has 0 unspecified atom stereocenters. The number of ether oxygens (including phenoxy) is 1. The van der Waals surface area contributed by atoms with Gasteiger partial charge in [-0.2, -0.15) is 0 Å². The van der Waals surface area contributed by atoms with Crippen LogP contribution in [0.4, 0.5) is 5.69 Å². The monoisotopic (exact) mass is 269 g/mol. The summed E-state index contributed by atoms with van der Waals surface area (Å²) in [5.41, 5.74) is 4.04. The second-order valence-electron chi connectivity index (χ2n) is 4.83.